The standard InChI is InChI=1S/C36H60O9/c1-31(2)16-20-19-8-9-23-33(5)12-11-24(45-30-27(41)26(40)25(39)21(17-37)44-30)32(3,4)22(33)10-13-35(23,7)34(19,6)14-15-36(20,18-38)29(43)28(31)42/h8,20-30,37-43H,9-18H2,1-7H3. The van der Waals surface area contributed by atoms with Crippen molar-refractivity contribution in [3.8, 4) is 0 Å². The van der Waals surface area contributed by atoms with Gasteiger partial charge in [0.15, 0.2) is 6.29 Å². The van der Waals surface area contributed by atoms with E-state index in [-0.39, 0.29) is 40.3 Å². The average molecular weight is 637 g/mol. The summed E-state index contributed by atoms with van der Waals surface area (Å²) in [6.07, 6.45) is 1.05. The van der Waals surface area contributed by atoms with Crippen molar-refractivity contribution in [1.29, 1.82) is 0 Å². The van der Waals surface area contributed by atoms with Crippen LogP contribution in [0.4, 0.5) is 0 Å². The maximum atomic E-state index is 11.5. The summed E-state index contributed by atoms with van der Waals surface area (Å²) < 4.78 is 12.2. The van der Waals surface area contributed by atoms with Crippen LogP contribution in [-0.4, -0.2) is 98.0 Å². The molecule has 7 N–H and O–H groups in total. The summed E-state index contributed by atoms with van der Waals surface area (Å²) in [4.78, 5) is 0. The molecule has 0 bridgehead atoms. The first-order chi connectivity index (χ1) is 20.9. The summed E-state index contributed by atoms with van der Waals surface area (Å²) in [5, 5.41) is 74.4. The Morgan fingerprint density at radius 2 is 1.49 bits per heavy atom. The Labute approximate surface area is 269 Å². The van der Waals surface area contributed by atoms with Gasteiger partial charge in [0.25, 0.3) is 0 Å². The lowest BCUT2D eigenvalue weighted by Crippen LogP contribution is -2.68. The predicted molar refractivity (Wildman–Crippen MR) is 168 cm³/mol. The number of aliphatic hydroxyl groups is 7. The third kappa shape index (κ3) is 4.51. The Bertz CT molecular complexity index is 1170. The van der Waals surface area contributed by atoms with Crippen LogP contribution >= 0.6 is 0 Å². The Hall–Kier alpha value is -0.620. The van der Waals surface area contributed by atoms with E-state index in [0.717, 1.165) is 44.9 Å². The zero-order valence-corrected chi connectivity index (χ0v) is 28.4. The molecule has 0 spiro atoms. The van der Waals surface area contributed by atoms with Gasteiger partial charge in [-0.25, -0.2) is 0 Å². The largest absolute Gasteiger partial charge is 0.396 e. The highest BCUT2D eigenvalue weighted by molar-refractivity contribution is 5.35. The lowest BCUT2D eigenvalue weighted by molar-refractivity contribution is -0.330. The van der Waals surface area contributed by atoms with Gasteiger partial charge in [-0.3, -0.25) is 0 Å². The second kappa shape index (κ2) is 10.9. The second-order valence-electron chi connectivity index (χ2n) is 18.0. The second-order valence-corrected chi connectivity index (χ2v) is 18.0. The topological polar surface area (TPSA) is 160 Å². The Morgan fingerprint density at radius 3 is 2.13 bits per heavy atom. The molecule has 6 aliphatic rings. The van der Waals surface area contributed by atoms with Gasteiger partial charge in [-0.2, -0.15) is 0 Å². The molecule has 9 heteroatoms. The molecule has 0 aromatic heterocycles. The minimum Gasteiger partial charge on any atom is -0.396 e. The van der Waals surface area contributed by atoms with Crippen molar-refractivity contribution in [3.63, 3.8) is 0 Å². The van der Waals surface area contributed by atoms with Crippen LogP contribution in [0.5, 0.6) is 0 Å². The van der Waals surface area contributed by atoms with E-state index in [2.05, 4.69) is 40.7 Å². The van der Waals surface area contributed by atoms with E-state index in [1.54, 1.807) is 0 Å². The summed E-state index contributed by atoms with van der Waals surface area (Å²) in [6.45, 7) is 15.4. The van der Waals surface area contributed by atoms with E-state index in [1.165, 1.54) is 5.57 Å². The molecule has 15 unspecified atom stereocenters. The highest BCUT2D eigenvalue weighted by Crippen LogP contribution is 2.75. The van der Waals surface area contributed by atoms with Gasteiger partial charge in [0.1, 0.15) is 24.4 Å². The van der Waals surface area contributed by atoms with Gasteiger partial charge in [-0.05, 0) is 96.2 Å². The predicted octanol–water partition coefficient (Wildman–Crippen LogP) is 2.91. The van der Waals surface area contributed by atoms with Gasteiger partial charge in [-0.15, -0.1) is 0 Å². The average Bonchev–Trinajstić information content (AvgIpc) is 2.98. The van der Waals surface area contributed by atoms with E-state index >= 15 is 0 Å². The van der Waals surface area contributed by atoms with Crippen LogP contribution in [0.15, 0.2) is 11.6 Å². The number of aliphatic hydroxyl groups excluding tert-OH is 7. The minimum atomic E-state index is -1.46. The molecule has 9 nitrogen and oxygen atoms in total. The van der Waals surface area contributed by atoms with Crippen LogP contribution in [0.2, 0.25) is 0 Å². The quantitative estimate of drug-likeness (QED) is 0.182. The summed E-state index contributed by atoms with van der Waals surface area (Å²) in [6, 6.07) is 0. The molecule has 5 fully saturated rings. The first-order valence-electron chi connectivity index (χ1n) is 17.5. The molecule has 1 saturated heterocycles. The van der Waals surface area contributed by atoms with Gasteiger partial charge in [0, 0.05) is 5.41 Å². The molecule has 5 aliphatic carbocycles. The van der Waals surface area contributed by atoms with Crippen molar-refractivity contribution in [2.45, 2.75) is 149 Å². The molecule has 0 radical (unpaired) electrons. The summed E-state index contributed by atoms with van der Waals surface area (Å²) in [5.41, 5.74) is -0.0657. The molecule has 45 heavy (non-hydrogen) atoms. The molecule has 0 amide bonds. The fraction of sp³-hybridized carbons (Fsp3) is 0.944. The fourth-order valence-corrected chi connectivity index (χ4v) is 12.4. The highest BCUT2D eigenvalue weighted by atomic mass is 16.7. The van der Waals surface area contributed by atoms with Crippen molar-refractivity contribution in [2.24, 2.45) is 50.2 Å². The molecule has 258 valence electrons. The van der Waals surface area contributed by atoms with Crippen LogP contribution in [0.25, 0.3) is 0 Å². The Kier molecular flexibility index (Phi) is 8.33. The fourth-order valence-electron chi connectivity index (χ4n) is 12.4. The van der Waals surface area contributed by atoms with Crippen molar-refractivity contribution in [2.75, 3.05) is 13.2 Å². The third-order valence-corrected chi connectivity index (χ3v) is 15.5. The maximum absolute atomic E-state index is 11.5. The summed E-state index contributed by atoms with van der Waals surface area (Å²) in [5.74, 6) is 0.798. The molecule has 1 aliphatic heterocycles. The lowest BCUT2D eigenvalue weighted by atomic mass is 9.33. The van der Waals surface area contributed by atoms with Gasteiger partial charge in [0.2, 0.25) is 0 Å². The smallest absolute Gasteiger partial charge is 0.186 e. The lowest BCUT2D eigenvalue weighted by Gasteiger charge is -2.72. The van der Waals surface area contributed by atoms with Crippen LogP contribution in [0.1, 0.15) is 99.8 Å². The van der Waals surface area contributed by atoms with Gasteiger partial charge >= 0.3 is 0 Å². The number of ether oxygens (including phenoxy) is 2. The normalized spacial score (nSPS) is 55.4. The molecular formula is C36H60O9. The molecule has 0 aromatic rings. The molecule has 1 heterocycles. The van der Waals surface area contributed by atoms with Gasteiger partial charge in [-0.1, -0.05) is 60.1 Å². The summed E-state index contributed by atoms with van der Waals surface area (Å²) >= 11 is 0. The van der Waals surface area contributed by atoms with Crippen molar-refractivity contribution >= 4 is 0 Å². The van der Waals surface area contributed by atoms with E-state index in [1.807, 2.05) is 13.8 Å². The first-order valence-corrected chi connectivity index (χ1v) is 17.5. The molecule has 0 aromatic carbocycles. The first kappa shape index (κ1) is 34.3. The van der Waals surface area contributed by atoms with E-state index in [4.69, 9.17) is 9.47 Å². The van der Waals surface area contributed by atoms with E-state index in [9.17, 15) is 35.7 Å². The maximum Gasteiger partial charge on any atom is 0.186 e. The highest BCUT2D eigenvalue weighted by Gasteiger charge is 2.70. The zero-order valence-electron chi connectivity index (χ0n) is 28.4. The van der Waals surface area contributed by atoms with Crippen molar-refractivity contribution in [1.82, 2.24) is 0 Å². The van der Waals surface area contributed by atoms with Crippen LogP contribution < -0.4 is 0 Å². The Morgan fingerprint density at radius 1 is 0.800 bits per heavy atom. The van der Waals surface area contributed by atoms with Crippen LogP contribution in [-0.2, 0) is 9.47 Å². The monoisotopic (exact) mass is 636 g/mol. The van der Waals surface area contributed by atoms with Gasteiger partial charge < -0.3 is 45.2 Å². The number of hydrogen-bond acceptors (Lipinski definition) is 9. The molecule has 4 saturated carbocycles. The minimum absolute atomic E-state index is 0.0240. The number of rotatable bonds is 4. The zero-order chi connectivity index (χ0) is 33.1. The van der Waals surface area contributed by atoms with Gasteiger partial charge in [0.05, 0.1) is 31.5 Å². The molecular weight excluding hydrogens is 576 g/mol. The molecule has 6 rings (SSSR count). The summed E-state index contributed by atoms with van der Waals surface area (Å²) in [7, 11) is 0. The van der Waals surface area contributed by atoms with E-state index in [0.29, 0.717) is 18.3 Å². The molecule has 15 atom stereocenters. The van der Waals surface area contributed by atoms with Crippen LogP contribution in [0.3, 0.4) is 0 Å². The van der Waals surface area contributed by atoms with Crippen molar-refractivity contribution in [3.05, 3.63) is 11.6 Å². The number of allylic oxidation sites excluding steroid dienone is 2. The Balaban J connectivity index is 1.29. The van der Waals surface area contributed by atoms with Crippen molar-refractivity contribution < 1.29 is 45.2 Å². The number of fused-ring (bicyclic) bond motifs is 7. The van der Waals surface area contributed by atoms with E-state index < -0.39 is 60.4 Å². The SMILES string of the molecule is CC1(C)CC2C3=CCC4C5(C)CCC(OC6OC(CO)C(O)C(O)C6O)C(C)(C)C5CCC4(C)C3(C)CCC2(CO)C(O)C1O. The third-order valence-electron chi connectivity index (χ3n) is 15.5. The van der Waals surface area contributed by atoms with Crippen LogP contribution in [0, 0.1) is 50.2 Å². The number of hydrogen-bond donors (Lipinski definition) is 7.